The van der Waals surface area contributed by atoms with Gasteiger partial charge in [-0.2, -0.15) is 15.1 Å². The molecule has 2 aliphatic rings. The van der Waals surface area contributed by atoms with E-state index in [-0.39, 0.29) is 0 Å². The molecule has 164 valence electrons. The van der Waals surface area contributed by atoms with E-state index in [1.54, 1.807) is 0 Å². The molecule has 0 amide bonds. The first-order valence-electron chi connectivity index (χ1n) is 11.7. The van der Waals surface area contributed by atoms with Crippen LogP contribution in [0.3, 0.4) is 0 Å². The smallest absolute Gasteiger partial charge is 0.229 e. The van der Waals surface area contributed by atoms with Gasteiger partial charge in [-0.3, -0.25) is 4.68 Å². The maximum atomic E-state index is 4.96. The molecule has 4 heterocycles. The van der Waals surface area contributed by atoms with Crippen molar-refractivity contribution in [1.82, 2.24) is 24.6 Å². The van der Waals surface area contributed by atoms with Crippen LogP contribution in [0.2, 0.25) is 0 Å². The zero-order chi connectivity index (χ0) is 21.2. The van der Waals surface area contributed by atoms with E-state index in [1.165, 1.54) is 56.3 Å². The number of nitrogens with zero attached hydrogens (tertiary/aromatic N) is 6. The molecule has 0 spiro atoms. The molecule has 2 saturated heterocycles. The monoisotopic (exact) mass is 419 g/mol. The van der Waals surface area contributed by atoms with Crippen LogP contribution in [0.4, 0.5) is 11.8 Å². The van der Waals surface area contributed by atoms with Crippen molar-refractivity contribution in [3.8, 4) is 0 Å². The number of nitrogens with one attached hydrogen (secondary N) is 1. The van der Waals surface area contributed by atoms with Crippen LogP contribution >= 0.6 is 0 Å². The number of aryl methyl sites for hydroxylation is 2. The molecular formula is C24H33N7. The number of hydrogen-bond donors (Lipinski definition) is 1. The van der Waals surface area contributed by atoms with E-state index in [4.69, 9.17) is 9.97 Å². The van der Waals surface area contributed by atoms with Crippen molar-refractivity contribution >= 4 is 22.8 Å². The first-order chi connectivity index (χ1) is 15.2. The fraction of sp³-hybridized carbons (Fsp3) is 0.542. The van der Waals surface area contributed by atoms with Gasteiger partial charge in [-0.15, -0.1) is 0 Å². The van der Waals surface area contributed by atoms with Gasteiger partial charge in [0, 0.05) is 32.7 Å². The van der Waals surface area contributed by atoms with Gasteiger partial charge in [0.15, 0.2) is 5.65 Å². The van der Waals surface area contributed by atoms with E-state index < -0.39 is 0 Å². The van der Waals surface area contributed by atoms with Crippen molar-refractivity contribution in [3.63, 3.8) is 0 Å². The summed E-state index contributed by atoms with van der Waals surface area (Å²) in [4.78, 5) is 14.9. The van der Waals surface area contributed by atoms with Crippen LogP contribution < -0.4 is 10.2 Å². The minimum Gasteiger partial charge on any atom is -0.365 e. The van der Waals surface area contributed by atoms with Crippen LogP contribution in [0.15, 0.2) is 30.5 Å². The van der Waals surface area contributed by atoms with Crippen LogP contribution in [0, 0.1) is 6.92 Å². The van der Waals surface area contributed by atoms with E-state index >= 15 is 0 Å². The van der Waals surface area contributed by atoms with Crippen LogP contribution in [0.1, 0.15) is 43.2 Å². The van der Waals surface area contributed by atoms with Crippen molar-refractivity contribution in [3.05, 3.63) is 41.6 Å². The van der Waals surface area contributed by atoms with Gasteiger partial charge >= 0.3 is 0 Å². The van der Waals surface area contributed by atoms with Crippen molar-refractivity contribution in [2.45, 2.75) is 51.6 Å². The summed E-state index contributed by atoms with van der Waals surface area (Å²) in [6.45, 7) is 7.46. The fourth-order valence-corrected chi connectivity index (χ4v) is 4.99. The van der Waals surface area contributed by atoms with Gasteiger partial charge < -0.3 is 15.1 Å². The minimum absolute atomic E-state index is 0.718. The standard InChI is InChI=1S/C24H33N7/c1-18-8-4-5-9-19(18)16-25-22-21-17-26-29(2)23(21)28-24(27-22)31-14-10-20(11-15-31)30-12-6-3-7-13-30/h4-5,8-9,17,20H,3,6-7,10-16H2,1-2H3,(H,25,27,28). The molecule has 31 heavy (non-hydrogen) atoms. The van der Waals surface area contributed by atoms with Gasteiger partial charge in [-0.05, 0) is 56.8 Å². The van der Waals surface area contributed by atoms with Crippen molar-refractivity contribution in [2.24, 2.45) is 7.05 Å². The summed E-state index contributed by atoms with van der Waals surface area (Å²) in [7, 11) is 1.95. The second-order valence-corrected chi connectivity index (χ2v) is 8.97. The molecule has 7 nitrogen and oxygen atoms in total. The lowest BCUT2D eigenvalue weighted by atomic mass is 10.0. The van der Waals surface area contributed by atoms with E-state index in [9.17, 15) is 0 Å². The summed E-state index contributed by atoms with van der Waals surface area (Å²) in [5.41, 5.74) is 3.45. The maximum Gasteiger partial charge on any atom is 0.229 e. The van der Waals surface area contributed by atoms with Gasteiger partial charge in [0.2, 0.25) is 5.95 Å². The Kier molecular flexibility index (Phi) is 5.76. The van der Waals surface area contributed by atoms with Crippen LogP contribution in [0.25, 0.3) is 11.0 Å². The molecule has 5 rings (SSSR count). The van der Waals surface area contributed by atoms with Crippen molar-refractivity contribution in [1.29, 1.82) is 0 Å². The Hall–Kier alpha value is -2.67. The molecule has 0 atom stereocenters. The molecule has 2 fully saturated rings. The summed E-state index contributed by atoms with van der Waals surface area (Å²) in [5, 5.41) is 8.97. The first kappa shape index (κ1) is 20.2. The molecule has 3 aromatic rings. The number of likely N-dealkylation sites (tertiary alicyclic amines) is 1. The van der Waals surface area contributed by atoms with E-state index in [0.717, 1.165) is 48.5 Å². The summed E-state index contributed by atoms with van der Waals surface area (Å²) in [6, 6.07) is 9.19. The Morgan fingerprint density at radius 1 is 1.00 bits per heavy atom. The van der Waals surface area contributed by atoms with Gasteiger partial charge in [0.25, 0.3) is 0 Å². The lowest BCUT2D eigenvalue weighted by Gasteiger charge is -2.40. The summed E-state index contributed by atoms with van der Waals surface area (Å²) < 4.78 is 1.85. The quantitative estimate of drug-likeness (QED) is 0.680. The minimum atomic E-state index is 0.718. The average molecular weight is 420 g/mol. The second-order valence-electron chi connectivity index (χ2n) is 8.97. The molecular weight excluding hydrogens is 386 g/mol. The number of hydrogen-bond acceptors (Lipinski definition) is 6. The highest BCUT2D eigenvalue weighted by Crippen LogP contribution is 2.27. The van der Waals surface area contributed by atoms with Gasteiger partial charge in [-0.1, -0.05) is 30.7 Å². The number of fused-ring (bicyclic) bond motifs is 1. The second kappa shape index (κ2) is 8.83. The number of piperidine rings is 2. The molecule has 1 aromatic carbocycles. The zero-order valence-electron chi connectivity index (χ0n) is 18.7. The number of anilines is 2. The molecule has 0 bridgehead atoms. The van der Waals surface area contributed by atoms with Crippen molar-refractivity contribution in [2.75, 3.05) is 36.4 Å². The van der Waals surface area contributed by atoms with E-state index in [0.29, 0.717) is 0 Å². The predicted molar refractivity (Wildman–Crippen MR) is 125 cm³/mol. The predicted octanol–water partition coefficient (Wildman–Crippen LogP) is 3.74. The number of benzene rings is 1. The third-order valence-corrected chi connectivity index (χ3v) is 6.94. The molecule has 0 radical (unpaired) electrons. The third-order valence-electron chi connectivity index (χ3n) is 6.94. The highest BCUT2D eigenvalue weighted by molar-refractivity contribution is 5.87. The Labute approximate surface area is 184 Å². The van der Waals surface area contributed by atoms with E-state index in [1.807, 2.05) is 17.9 Å². The Morgan fingerprint density at radius 3 is 2.55 bits per heavy atom. The molecule has 2 aromatic heterocycles. The van der Waals surface area contributed by atoms with Crippen LogP contribution in [0.5, 0.6) is 0 Å². The Bertz CT molecular complexity index is 1030. The molecule has 0 saturated carbocycles. The topological polar surface area (TPSA) is 62.1 Å². The normalized spacial score (nSPS) is 18.6. The van der Waals surface area contributed by atoms with Gasteiger partial charge in [0.1, 0.15) is 5.82 Å². The van der Waals surface area contributed by atoms with E-state index in [2.05, 4.69) is 51.4 Å². The summed E-state index contributed by atoms with van der Waals surface area (Å²) in [6.07, 6.45) is 8.36. The lowest BCUT2D eigenvalue weighted by molar-refractivity contribution is 0.141. The number of rotatable bonds is 5. The lowest BCUT2D eigenvalue weighted by Crippen LogP contribution is -2.47. The molecule has 7 heteroatoms. The first-order valence-corrected chi connectivity index (χ1v) is 11.7. The van der Waals surface area contributed by atoms with Gasteiger partial charge in [0.05, 0.1) is 11.6 Å². The average Bonchev–Trinajstić information content (AvgIpc) is 3.20. The maximum absolute atomic E-state index is 4.96. The largest absolute Gasteiger partial charge is 0.365 e. The van der Waals surface area contributed by atoms with Crippen molar-refractivity contribution < 1.29 is 0 Å². The van der Waals surface area contributed by atoms with Crippen LogP contribution in [-0.4, -0.2) is 56.9 Å². The fourth-order valence-electron chi connectivity index (χ4n) is 4.99. The summed E-state index contributed by atoms with van der Waals surface area (Å²) >= 11 is 0. The molecule has 0 aliphatic carbocycles. The zero-order valence-corrected chi connectivity index (χ0v) is 18.7. The van der Waals surface area contributed by atoms with Gasteiger partial charge in [-0.25, -0.2) is 0 Å². The Balaban J connectivity index is 1.34. The highest BCUT2D eigenvalue weighted by atomic mass is 15.3. The molecule has 2 aliphatic heterocycles. The summed E-state index contributed by atoms with van der Waals surface area (Å²) in [5.74, 6) is 1.69. The molecule has 1 N–H and O–H groups in total. The SMILES string of the molecule is Cc1ccccc1CNc1nc(N2CCC(N3CCCCC3)CC2)nc2c1cnn2C. The third kappa shape index (κ3) is 4.24. The Morgan fingerprint density at radius 2 is 1.77 bits per heavy atom. The number of aromatic nitrogens is 4. The van der Waals surface area contributed by atoms with Crippen LogP contribution in [-0.2, 0) is 13.6 Å². The molecule has 0 unspecified atom stereocenters. The highest BCUT2D eigenvalue weighted by Gasteiger charge is 2.27.